The first kappa shape index (κ1) is 10.8. The van der Waals surface area contributed by atoms with Crippen molar-refractivity contribution < 1.29 is 4.42 Å². The summed E-state index contributed by atoms with van der Waals surface area (Å²) >= 11 is 0. The molecule has 0 atom stereocenters. The number of hydrogen-bond acceptors (Lipinski definition) is 2. The van der Waals surface area contributed by atoms with Crippen LogP contribution < -0.4 is 5.73 Å². The van der Waals surface area contributed by atoms with Crippen molar-refractivity contribution in [2.24, 2.45) is 5.73 Å². The molecule has 2 nitrogen and oxygen atoms in total. The molecule has 1 aromatic carbocycles. The van der Waals surface area contributed by atoms with Crippen LogP contribution in [0, 0.1) is 6.92 Å². The van der Waals surface area contributed by atoms with Gasteiger partial charge >= 0.3 is 0 Å². The highest BCUT2D eigenvalue weighted by Gasteiger charge is 2.54. The molecule has 0 radical (unpaired) electrons. The maximum Gasteiger partial charge on any atom is 0.134 e. The molecule has 2 aromatic rings. The second-order valence-corrected chi connectivity index (χ2v) is 5.83. The van der Waals surface area contributed by atoms with Crippen molar-refractivity contribution in [3.8, 4) is 0 Å². The second-order valence-electron chi connectivity index (χ2n) is 5.83. The fourth-order valence-electron chi connectivity index (χ4n) is 2.76. The van der Waals surface area contributed by atoms with Gasteiger partial charge in [0, 0.05) is 16.3 Å². The van der Waals surface area contributed by atoms with Gasteiger partial charge in [-0.15, -0.1) is 0 Å². The van der Waals surface area contributed by atoms with Crippen molar-refractivity contribution in [3.63, 3.8) is 0 Å². The second kappa shape index (κ2) is 3.14. The Balaban J connectivity index is 2.21. The summed E-state index contributed by atoms with van der Waals surface area (Å²) in [4.78, 5) is 0. The molecule has 1 saturated carbocycles. The molecule has 0 saturated heterocycles. The topological polar surface area (TPSA) is 39.2 Å². The van der Waals surface area contributed by atoms with Gasteiger partial charge in [0.15, 0.2) is 0 Å². The zero-order valence-corrected chi connectivity index (χ0v) is 10.7. The van der Waals surface area contributed by atoms with Crippen LogP contribution in [0.5, 0.6) is 0 Å². The Hall–Kier alpha value is -1.28. The van der Waals surface area contributed by atoms with E-state index in [0.29, 0.717) is 0 Å². The number of aryl methyl sites for hydroxylation is 1. The molecule has 1 aromatic heterocycles. The third-order valence-electron chi connectivity index (χ3n) is 4.44. The van der Waals surface area contributed by atoms with Crippen LogP contribution in [0.1, 0.15) is 38.0 Å². The first-order chi connectivity index (χ1) is 7.96. The van der Waals surface area contributed by atoms with E-state index in [0.717, 1.165) is 24.2 Å². The van der Waals surface area contributed by atoms with Gasteiger partial charge in [-0.2, -0.15) is 0 Å². The van der Waals surface area contributed by atoms with E-state index in [2.05, 4.69) is 32.9 Å². The maximum absolute atomic E-state index is 6.39. The number of benzene rings is 1. The lowest BCUT2D eigenvalue weighted by atomic mass is 9.78. The van der Waals surface area contributed by atoms with Crippen molar-refractivity contribution >= 4 is 11.0 Å². The summed E-state index contributed by atoms with van der Waals surface area (Å²) in [5, 5.41) is 1.21. The van der Waals surface area contributed by atoms with Gasteiger partial charge < -0.3 is 10.2 Å². The van der Waals surface area contributed by atoms with Crippen molar-refractivity contribution in [2.45, 2.75) is 44.6 Å². The molecule has 1 aliphatic carbocycles. The Morgan fingerprint density at radius 1 is 1.24 bits per heavy atom. The molecule has 2 N–H and O–H groups in total. The predicted octanol–water partition coefficient (Wildman–Crippen LogP) is 3.51. The lowest BCUT2D eigenvalue weighted by Gasteiger charge is -2.30. The van der Waals surface area contributed by atoms with Crippen LogP contribution in [0.2, 0.25) is 0 Å². The molecule has 1 heterocycles. The first-order valence-corrected chi connectivity index (χ1v) is 6.23. The van der Waals surface area contributed by atoms with E-state index in [1.165, 1.54) is 10.9 Å². The van der Waals surface area contributed by atoms with E-state index in [9.17, 15) is 0 Å². The molecule has 0 unspecified atom stereocenters. The van der Waals surface area contributed by atoms with E-state index in [-0.39, 0.29) is 11.0 Å². The molecule has 0 amide bonds. The smallest absolute Gasteiger partial charge is 0.134 e. The Morgan fingerprint density at radius 2 is 1.88 bits per heavy atom. The van der Waals surface area contributed by atoms with Gasteiger partial charge in [0.1, 0.15) is 11.3 Å². The standard InChI is InChI=1S/C15H19NO/c1-10-11-6-4-5-7-12(11)17-13(10)14(2,3)15(16)8-9-15/h4-7H,8-9,16H2,1-3H3. The molecule has 1 fully saturated rings. The van der Waals surface area contributed by atoms with Gasteiger partial charge in [0.2, 0.25) is 0 Å². The summed E-state index contributed by atoms with van der Waals surface area (Å²) in [5.74, 6) is 1.05. The van der Waals surface area contributed by atoms with Crippen molar-refractivity contribution in [3.05, 3.63) is 35.6 Å². The number of hydrogen-bond donors (Lipinski definition) is 1. The van der Waals surface area contributed by atoms with E-state index < -0.39 is 0 Å². The molecular formula is C15H19NO. The molecule has 0 spiro atoms. The monoisotopic (exact) mass is 229 g/mol. The quantitative estimate of drug-likeness (QED) is 0.855. The third kappa shape index (κ3) is 1.37. The summed E-state index contributed by atoms with van der Waals surface area (Å²) in [7, 11) is 0. The number of nitrogens with two attached hydrogens (primary N) is 1. The average Bonchev–Trinajstić information content (AvgIpc) is 2.96. The van der Waals surface area contributed by atoms with Crippen LogP contribution in [-0.2, 0) is 5.41 Å². The number of furan rings is 1. The molecule has 2 heteroatoms. The molecular weight excluding hydrogens is 210 g/mol. The van der Waals surface area contributed by atoms with E-state index in [1.54, 1.807) is 0 Å². The van der Waals surface area contributed by atoms with Crippen LogP contribution in [0.3, 0.4) is 0 Å². The number of fused-ring (bicyclic) bond motifs is 1. The van der Waals surface area contributed by atoms with Crippen LogP contribution >= 0.6 is 0 Å². The zero-order chi connectivity index (χ0) is 12.3. The Kier molecular flexibility index (Phi) is 2.00. The van der Waals surface area contributed by atoms with E-state index in [4.69, 9.17) is 10.2 Å². The van der Waals surface area contributed by atoms with Crippen LogP contribution in [-0.4, -0.2) is 5.54 Å². The summed E-state index contributed by atoms with van der Waals surface area (Å²) < 4.78 is 6.05. The fourth-order valence-corrected chi connectivity index (χ4v) is 2.76. The molecule has 90 valence electrons. The highest BCUT2D eigenvalue weighted by atomic mass is 16.3. The van der Waals surface area contributed by atoms with E-state index in [1.807, 2.05) is 12.1 Å². The van der Waals surface area contributed by atoms with Crippen LogP contribution in [0.15, 0.2) is 28.7 Å². The molecule has 17 heavy (non-hydrogen) atoms. The number of rotatable bonds is 2. The van der Waals surface area contributed by atoms with Crippen LogP contribution in [0.25, 0.3) is 11.0 Å². The molecule has 1 aliphatic rings. The van der Waals surface area contributed by atoms with Gasteiger partial charge in [-0.05, 0) is 31.4 Å². The zero-order valence-electron chi connectivity index (χ0n) is 10.7. The Morgan fingerprint density at radius 3 is 2.47 bits per heavy atom. The summed E-state index contributed by atoms with van der Waals surface area (Å²) in [5.41, 5.74) is 8.43. The largest absolute Gasteiger partial charge is 0.460 e. The van der Waals surface area contributed by atoms with Crippen LogP contribution in [0.4, 0.5) is 0 Å². The third-order valence-corrected chi connectivity index (χ3v) is 4.44. The van der Waals surface area contributed by atoms with Gasteiger partial charge in [-0.25, -0.2) is 0 Å². The molecule has 0 aliphatic heterocycles. The first-order valence-electron chi connectivity index (χ1n) is 6.23. The summed E-state index contributed by atoms with van der Waals surface area (Å²) in [6.07, 6.45) is 2.19. The van der Waals surface area contributed by atoms with Crippen molar-refractivity contribution in [2.75, 3.05) is 0 Å². The SMILES string of the molecule is Cc1c(C(C)(C)C2(N)CC2)oc2ccccc12. The lowest BCUT2D eigenvalue weighted by Crippen LogP contribution is -2.43. The van der Waals surface area contributed by atoms with E-state index >= 15 is 0 Å². The summed E-state index contributed by atoms with van der Waals surface area (Å²) in [6, 6.07) is 8.20. The van der Waals surface area contributed by atoms with Gasteiger partial charge in [-0.3, -0.25) is 0 Å². The number of para-hydroxylation sites is 1. The normalized spacial score (nSPS) is 18.6. The Bertz CT molecular complexity index is 576. The van der Waals surface area contributed by atoms with Gasteiger partial charge in [-0.1, -0.05) is 32.0 Å². The van der Waals surface area contributed by atoms with Gasteiger partial charge in [0.05, 0.1) is 0 Å². The lowest BCUT2D eigenvalue weighted by molar-refractivity contribution is 0.320. The minimum absolute atomic E-state index is 0.0777. The Labute approximate surface area is 102 Å². The minimum Gasteiger partial charge on any atom is -0.460 e. The highest BCUT2D eigenvalue weighted by molar-refractivity contribution is 5.82. The average molecular weight is 229 g/mol. The maximum atomic E-state index is 6.39. The van der Waals surface area contributed by atoms with Gasteiger partial charge in [0.25, 0.3) is 0 Å². The van der Waals surface area contributed by atoms with Crippen molar-refractivity contribution in [1.29, 1.82) is 0 Å². The highest BCUT2D eigenvalue weighted by Crippen LogP contribution is 2.51. The minimum atomic E-state index is -0.0872. The fraction of sp³-hybridized carbons (Fsp3) is 0.467. The molecule has 0 bridgehead atoms. The summed E-state index contributed by atoms with van der Waals surface area (Å²) in [6.45, 7) is 6.53. The molecule has 3 rings (SSSR count). The van der Waals surface area contributed by atoms with Crippen molar-refractivity contribution in [1.82, 2.24) is 0 Å². The predicted molar refractivity (Wildman–Crippen MR) is 70.1 cm³/mol.